The minimum atomic E-state index is -4.05. The molecule has 3 aromatic rings. The molecule has 1 saturated carbocycles. The van der Waals surface area contributed by atoms with Gasteiger partial charge in [0, 0.05) is 19.0 Å². The summed E-state index contributed by atoms with van der Waals surface area (Å²) in [6, 6.07) is 7.73. The molecule has 12 heteroatoms. The highest BCUT2D eigenvalue weighted by molar-refractivity contribution is 7.92. The SMILES string of the molecule is CN(c1ccc2c(c1)S(=O)(=O)CC(c1c(O)c3cc(F)ccc3n(CCC3CC3)c1=O)=N2)S(C)(=O)=O. The summed E-state index contributed by atoms with van der Waals surface area (Å²) in [7, 11) is -6.37. The molecule has 2 heterocycles. The van der Waals surface area contributed by atoms with Crippen molar-refractivity contribution in [1.29, 1.82) is 0 Å². The van der Waals surface area contributed by atoms with Crippen molar-refractivity contribution in [3.8, 4) is 5.75 Å². The van der Waals surface area contributed by atoms with E-state index in [1.807, 2.05) is 0 Å². The van der Waals surface area contributed by atoms with E-state index in [0.29, 0.717) is 18.0 Å². The van der Waals surface area contributed by atoms with Gasteiger partial charge in [0.15, 0.2) is 9.84 Å². The zero-order chi connectivity index (χ0) is 26.0. The van der Waals surface area contributed by atoms with Gasteiger partial charge < -0.3 is 9.67 Å². The Kier molecular flexibility index (Phi) is 5.71. The largest absolute Gasteiger partial charge is 0.506 e. The Labute approximate surface area is 207 Å². The summed E-state index contributed by atoms with van der Waals surface area (Å²) in [5.41, 5.74) is -0.514. The first-order valence-corrected chi connectivity index (χ1v) is 14.8. The fraction of sp³-hybridized carbons (Fsp3) is 0.333. The van der Waals surface area contributed by atoms with Gasteiger partial charge in [0.1, 0.15) is 17.1 Å². The number of sulfone groups is 1. The van der Waals surface area contributed by atoms with Gasteiger partial charge in [-0.3, -0.25) is 14.1 Å². The van der Waals surface area contributed by atoms with Crippen LogP contribution in [-0.4, -0.2) is 51.3 Å². The van der Waals surface area contributed by atoms with Crippen molar-refractivity contribution >= 4 is 47.8 Å². The zero-order valence-electron chi connectivity index (χ0n) is 19.6. The Morgan fingerprint density at radius 2 is 1.92 bits per heavy atom. The van der Waals surface area contributed by atoms with Crippen LogP contribution < -0.4 is 9.86 Å². The van der Waals surface area contributed by atoms with Crippen molar-refractivity contribution in [1.82, 2.24) is 4.57 Å². The molecule has 0 amide bonds. The molecule has 1 aliphatic heterocycles. The summed E-state index contributed by atoms with van der Waals surface area (Å²) in [5, 5.41) is 11.1. The molecule has 0 spiro atoms. The summed E-state index contributed by atoms with van der Waals surface area (Å²) in [4.78, 5) is 17.8. The second-order valence-electron chi connectivity index (χ2n) is 9.27. The number of hydrogen-bond donors (Lipinski definition) is 1. The number of fused-ring (bicyclic) bond motifs is 2. The average Bonchev–Trinajstić information content (AvgIpc) is 3.62. The van der Waals surface area contributed by atoms with E-state index < -0.39 is 42.7 Å². The Bertz CT molecular complexity index is 1720. The van der Waals surface area contributed by atoms with E-state index in [4.69, 9.17) is 0 Å². The third-order valence-electron chi connectivity index (χ3n) is 6.67. The molecule has 9 nitrogen and oxygen atoms in total. The third kappa shape index (κ3) is 4.28. The molecule has 0 saturated heterocycles. The van der Waals surface area contributed by atoms with E-state index in [2.05, 4.69) is 4.99 Å². The molecule has 0 atom stereocenters. The fourth-order valence-electron chi connectivity index (χ4n) is 4.41. The highest BCUT2D eigenvalue weighted by atomic mass is 32.2. The standard InChI is InChI=1S/C24H24FN3O6S2/c1-27(35(2,31)32)16-6-7-18-21(12-16)36(33,34)13-19(26-18)22-23(29)17-11-15(25)5-8-20(17)28(24(22)30)10-9-14-3-4-14/h5-8,11-12,14,29H,3-4,9-10,13H2,1-2H3. The van der Waals surface area contributed by atoms with Crippen molar-refractivity contribution in [2.75, 3.05) is 23.4 Å². The van der Waals surface area contributed by atoms with Crippen molar-refractivity contribution in [3.05, 3.63) is 58.1 Å². The molecule has 0 bridgehead atoms. The van der Waals surface area contributed by atoms with Gasteiger partial charge in [0.05, 0.1) is 39.5 Å². The van der Waals surface area contributed by atoms with Gasteiger partial charge >= 0.3 is 0 Å². The second kappa shape index (κ2) is 8.41. The topological polar surface area (TPSA) is 126 Å². The Morgan fingerprint density at radius 3 is 2.58 bits per heavy atom. The zero-order valence-corrected chi connectivity index (χ0v) is 21.2. The van der Waals surface area contributed by atoms with Gasteiger partial charge in [-0.1, -0.05) is 12.8 Å². The maximum Gasteiger partial charge on any atom is 0.263 e. The lowest BCUT2D eigenvalue weighted by Crippen LogP contribution is -2.32. The number of rotatable bonds is 6. The Balaban J connectivity index is 1.70. The maximum absolute atomic E-state index is 14.1. The van der Waals surface area contributed by atoms with Gasteiger partial charge in [0.25, 0.3) is 5.56 Å². The predicted molar refractivity (Wildman–Crippen MR) is 135 cm³/mol. The fourth-order valence-corrected chi connectivity index (χ4v) is 6.36. The lowest BCUT2D eigenvalue weighted by molar-refractivity contribution is 0.476. The van der Waals surface area contributed by atoms with Crippen LogP contribution in [0.1, 0.15) is 24.8 Å². The van der Waals surface area contributed by atoms with Crippen LogP contribution >= 0.6 is 0 Å². The van der Waals surface area contributed by atoms with Crippen molar-refractivity contribution in [3.63, 3.8) is 0 Å². The number of aromatic hydroxyl groups is 1. The molecule has 190 valence electrons. The third-order valence-corrected chi connectivity index (χ3v) is 9.52. The minimum absolute atomic E-state index is 0.0181. The minimum Gasteiger partial charge on any atom is -0.506 e. The number of nitrogens with zero attached hydrogens (tertiary/aromatic N) is 3. The van der Waals surface area contributed by atoms with Gasteiger partial charge in [-0.25, -0.2) is 21.2 Å². The normalized spacial score (nSPS) is 17.0. The monoisotopic (exact) mass is 533 g/mol. The molecule has 0 radical (unpaired) electrons. The molecule has 1 aromatic heterocycles. The molecule has 1 fully saturated rings. The summed E-state index contributed by atoms with van der Waals surface area (Å²) in [6.45, 7) is 0.344. The number of hydrogen-bond acceptors (Lipinski definition) is 7. The van der Waals surface area contributed by atoms with Crippen LogP contribution in [0.3, 0.4) is 0 Å². The quantitative estimate of drug-likeness (QED) is 0.519. The first kappa shape index (κ1) is 24.4. The van der Waals surface area contributed by atoms with E-state index >= 15 is 0 Å². The Morgan fingerprint density at radius 1 is 1.19 bits per heavy atom. The Hall–Kier alpha value is -3.25. The summed E-state index contributed by atoms with van der Waals surface area (Å²) < 4.78 is 66.7. The van der Waals surface area contributed by atoms with Crippen LogP contribution in [0.2, 0.25) is 0 Å². The van der Waals surface area contributed by atoms with Crippen LogP contribution in [0.25, 0.3) is 10.9 Å². The lowest BCUT2D eigenvalue weighted by Gasteiger charge is -2.22. The van der Waals surface area contributed by atoms with E-state index in [1.54, 1.807) is 0 Å². The van der Waals surface area contributed by atoms with Gasteiger partial charge in [-0.15, -0.1) is 0 Å². The molecule has 1 N–H and O–H groups in total. The van der Waals surface area contributed by atoms with Crippen LogP contribution in [0.5, 0.6) is 5.75 Å². The molecule has 0 unspecified atom stereocenters. The molecular weight excluding hydrogens is 509 g/mol. The number of aryl methyl sites for hydroxylation is 1. The number of pyridine rings is 1. The molecular formula is C24H24FN3O6S2. The van der Waals surface area contributed by atoms with E-state index in [-0.39, 0.29) is 32.9 Å². The summed E-state index contributed by atoms with van der Waals surface area (Å²) >= 11 is 0. The second-order valence-corrected chi connectivity index (χ2v) is 13.2. The van der Waals surface area contributed by atoms with Gasteiger partial charge in [0.2, 0.25) is 10.0 Å². The number of aliphatic imine (C=N–C) groups is 1. The molecule has 36 heavy (non-hydrogen) atoms. The number of benzene rings is 2. The lowest BCUT2D eigenvalue weighted by atomic mass is 10.1. The predicted octanol–water partition coefficient (Wildman–Crippen LogP) is 2.95. The van der Waals surface area contributed by atoms with Gasteiger partial charge in [-0.05, 0) is 48.7 Å². The van der Waals surface area contributed by atoms with Gasteiger partial charge in [-0.2, -0.15) is 0 Å². The van der Waals surface area contributed by atoms with Crippen LogP contribution in [0.4, 0.5) is 15.8 Å². The first-order valence-electron chi connectivity index (χ1n) is 11.3. The molecule has 2 aliphatic rings. The molecule has 5 rings (SSSR count). The smallest absolute Gasteiger partial charge is 0.263 e. The molecule has 2 aromatic carbocycles. The van der Waals surface area contributed by atoms with E-state index in [9.17, 15) is 31.1 Å². The van der Waals surface area contributed by atoms with Crippen LogP contribution in [0, 0.1) is 11.7 Å². The summed E-state index contributed by atoms with van der Waals surface area (Å²) in [5.74, 6) is -1.31. The van der Waals surface area contributed by atoms with Crippen molar-refractivity contribution < 1.29 is 26.3 Å². The highest BCUT2D eigenvalue weighted by Crippen LogP contribution is 2.37. The van der Waals surface area contributed by atoms with Crippen molar-refractivity contribution in [2.24, 2.45) is 10.9 Å². The summed E-state index contributed by atoms with van der Waals surface area (Å²) in [6.07, 6.45) is 3.88. The van der Waals surface area contributed by atoms with Crippen molar-refractivity contribution in [2.45, 2.75) is 30.7 Å². The maximum atomic E-state index is 14.1. The number of halogens is 1. The van der Waals surface area contributed by atoms with Crippen LogP contribution in [0.15, 0.2) is 51.1 Å². The highest BCUT2D eigenvalue weighted by Gasteiger charge is 2.32. The number of anilines is 1. The van der Waals surface area contributed by atoms with Crippen LogP contribution in [-0.2, 0) is 26.4 Å². The molecule has 1 aliphatic carbocycles. The van der Waals surface area contributed by atoms with E-state index in [0.717, 1.165) is 35.9 Å². The van der Waals surface area contributed by atoms with E-state index in [1.165, 1.54) is 41.9 Å². The first-order chi connectivity index (χ1) is 16.9. The average molecular weight is 534 g/mol. The number of sulfonamides is 1. The number of aromatic nitrogens is 1.